The Morgan fingerprint density at radius 1 is 0.726 bits per heavy atom. The standard InChI is InChI=1S/C47H52N4O11/c1-2-37(31-6-12-34(52)13-7-31)45(32-8-14-35(53)15-9-32)33-10-16-36(17-11-33)62-25-22-48-42(54)20-23-59-26-28-61-29-27-60-24-21-44(56)49-40-5-3-4-38-39(40)30-51(47(38)58)41-18-19-43(55)50-46(41)57/h3-17,41,52-53H,2,18-30H2,1H3,(H,48,54)(H,49,56)(H,50,55,57). The first-order valence-corrected chi connectivity index (χ1v) is 20.7. The summed E-state index contributed by atoms with van der Waals surface area (Å²) in [7, 11) is 0. The van der Waals surface area contributed by atoms with Crippen LogP contribution in [0.15, 0.2) is 91.0 Å². The summed E-state index contributed by atoms with van der Waals surface area (Å²) < 4.78 is 22.4. The molecule has 5 N–H and O–H groups in total. The highest BCUT2D eigenvalue weighted by molar-refractivity contribution is 6.07. The van der Waals surface area contributed by atoms with Crippen LogP contribution in [0.4, 0.5) is 5.69 Å². The molecule has 0 spiro atoms. The number of ether oxygens (including phenoxy) is 4. The van der Waals surface area contributed by atoms with Crippen LogP contribution in [0.3, 0.4) is 0 Å². The molecular weight excluding hydrogens is 797 g/mol. The Balaban J connectivity index is 0.805. The summed E-state index contributed by atoms with van der Waals surface area (Å²) in [6.45, 7) is 4.44. The highest BCUT2D eigenvalue weighted by Gasteiger charge is 2.40. The van der Waals surface area contributed by atoms with Crippen molar-refractivity contribution in [3.8, 4) is 17.2 Å². The van der Waals surface area contributed by atoms with Gasteiger partial charge in [-0.2, -0.15) is 0 Å². The van der Waals surface area contributed by atoms with Gasteiger partial charge in [-0.3, -0.25) is 29.3 Å². The first-order valence-electron chi connectivity index (χ1n) is 20.7. The van der Waals surface area contributed by atoms with Gasteiger partial charge in [0, 0.05) is 36.2 Å². The fraction of sp³-hybridized carbons (Fsp3) is 0.340. The Hall–Kier alpha value is -6.55. The molecule has 0 radical (unpaired) electrons. The van der Waals surface area contributed by atoms with E-state index in [1.807, 2.05) is 48.5 Å². The van der Waals surface area contributed by atoms with Gasteiger partial charge in [0.05, 0.1) is 52.6 Å². The number of carbonyl (C=O) groups excluding carboxylic acids is 5. The van der Waals surface area contributed by atoms with Gasteiger partial charge in [-0.1, -0.05) is 49.4 Å². The molecule has 1 atom stereocenters. The number of aromatic hydroxyl groups is 2. The highest BCUT2D eigenvalue weighted by Crippen LogP contribution is 2.36. The van der Waals surface area contributed by atoms with Crippen molar-refractivity contribution in [3.63, 3.8) is 0 Å². The van der Waals surface area contributed by atoms with Gasteiger partial charge in [-0.05, 0) is 89.2 Å². The number of hydrogen-bond acceptors (Lipinski definition) is 11. The molecule has 0 aliphatic carbocycles. The Bertz CT molecular complexity index is 2220. The first kappa shape index (κ1) is 45.0. The van der Waals surface area contributed by atoms with Gasteiger partial charge in [-0.15, -0.1) is 0 Å². The second-order valence-corrected chi connectivity index (χ2v) is 14.6. The molecule has 0 aromatic heterocycles. The van der Waals surface area contributed by atoms with Crippen LogP contribution in [0.2, 0.25) is 0 Å². The molecule has 4 aromatic carbocycles. The number of nitrogens with one attached hydrogen (secondary N) is 3. The fourth-order valence-electron chi connectivity index (χ4n) is 7.28. The van der Waals surface area contributed by atoms with Gasteiger partial charge in [0.1, 0.15) is 29.9 Å². The van der Waals surface area contributed by atoms with E-state index in [0.717, 1.165) is 34.3 Å². The Labute approximate surface area is 360 Å². The molecule has 5 amide bonds. The Morgan fingerprint density at radius 3 is 1.92 bits per heavy atom. The number of amides is 5. The number of fused-ring (bicyclic) bond motifs is 1. The average Bonchev–Trinajstić information content (AvgIpc) is 3.60. The number of phenolic OH excluding ortho intramolecular Hbond substituents is 2. The number of hydrogen-bond donors (Lipinski definition) is 5. The quantitative estimate of drug-likeness (QED) is 0.0396. The van der Waals surface area contributed by atoms with Crippen molar-refractivity contribution < 1.29 is 53.1 Å². The Kier molecular flexibility index (Phi) is 16.2. The Morgan fingerprint density at radius 2 is 1.31 bits per heavy atom. The fourth-order valence-corrected chi connectivity index (χ4v) is 7.28. The molecule has 326 valence electrons. The van der Waals surface area contributed by atoms with Crippen LogP contribution in [-0.2, 0) is 39.9 Å². The van der Waals surface area contributed by atoms with E-state index in [0.29, 0.717) is 48.9 Å². The van der Waals surface area contributed by atoms with Crippen molar-refractivity contribution in [2.24, 2.45) is 0 Å². The summed E-state index contributed by atoms with van der Waals surface area (Å²) >= 11 is 0. The van der Waals surface area contributed by atoms with Crippen LogP contribution in [0.25, 0.3) is 11.1 Å². The minimum absolute atomic E-state index is 0.0874. The molecule has 1 unspecified atom stereocenters. The molecule has 2 heterocycles. The third-order valence-electron chi connectivity index (χ3n) is 10.4. The van der Waals surface area contributed by atoms with Crippen LogP contribution in [0.5, 0.6) is 17.2 Å². The third-order valence-corrected chi connectivity index (χ3v) is 10.4. The van der Waals surface area contributed by atoms with Crippen LogP contribution < -0.4 is 20.7 Å². The largest absolute Gasteiger partial charge is 0.508 e. The number of rotatable bonds is 22. The number of piperidine rings is 1. The zero-order valence-electron chi connectivity index (χ0n) is 34.7. The third kappa shape index (κ3) is 12.3. The SMILES string of the molecule is CCC(=C(c1ccc(O)cc1)c1ccc(OCCNC(=O)CCOCCOCCOCCC(=O)Nc2cccc3c2CN(C2CCC(=O)NC2=O)C3=O)cc1)c1ccc(O)cc1. The maximum Gasteiger partial charge on any atom is 0.255 e. The number of carbonyl (C=O) groups is 5. The first-order chi connectivity index (χ1) is 30.1. The minimum Gasteiger partial charge on any atom is -0.508 e. The molecular formula is C47H52N4O11. The molecule has 4 aromatic rings. The number of anilines is 1. The van der Waals surface area contributed by atoms with E-state index in [9.17, 15) is 34.2 Å². The zero-order chi connectivity index (χ0) is 43.8. The number of benzene rings is 4. The number of imide groups is 1. The van der Waals surface area contributed by atoms with Crippen molar-refractivity contribution in [2.75, 3.05) is 58.1 Å². The van der Waals surface area contributed by atoms with Gasteiger partial charge in [0.15, 0.2) is 0 Å². The molecule has 15 nitrogen and oxygen atoms in total. The van der Waals surface area contributed by atoms with Gasteiger partial charge in [0.25, 0.3) is 5.91 Å². The van der Waals surface area contributed by atoms with E-state index >= 15 is 0 Å². The summed E-state index contributed by atoms with van der Waals surface area (Å²) in [5.41, 5.74) is 6.54. The van der Waals surface area contributed by atoms with Gasteiger partial charge < -0.3 is 44.7 Å². The molecule has 2 aliphatic rings. The van der Waals surface area contributed by atoms with Crippen molar-refractivity contribution in [1.82, 2.24) is 15.5 Å². The highest BCUT2D eigenvalue weighted by atomic mass is 16.5. The zero-order valence-corrected chi connectivity index (χ0v) is 34.7. The van der Waals surface area contributed by atoms with Crippen molar-refractivity contribution in [1.29, 1.82) is 0 Å². The molecule has 62 heavy (non-hydrogen) atoms. The van der Waals surface area contributed by atoms with E-state index < -0.39 is 11.9 Å². The summed E-state index contributed by atoms with van der Waals surface area (Å²) in [5.74, 6) is -0.569. The average molecular weight is 849 g/mol. The van der Waals surface area contributed by atoms with Gasteiger partial charge in [0.2, 0.25) is 23.6 Å². The van der Waals surface area contributed by atoms with E-state index in [1.165, 1.54) is 4.90 Å². The monoisotopic (exact) mass is 848 g/mol. The molecule has 0 saturated carbocycles. The van der Waals surface area contributed by atoms with E-state index in [4.69, 9.17) is 18.9 Å². The minimum atomic E-state index is -0.738. The predicted molar refractivity (Wildman–Crippen MR) is 230 cm³/mol. The van der Waals surface area contributed by atoms with Crippen LogP contribution in [-0.4, -0.2) is 103 Å². The van der Waals surface area contributed by atoms with Gasteiger partial charge in [-0.25, -0.2) is 0 Å². The maximum absolute atomic E-state index is 13.0. The number of phenols is 2. The van der Waals surface area contributed by atoms with Crippen LogP contribution >= 0.6 is 0 Å². The predicted octanol–water partition coefficient (Wildman–Crippen LogP) is 5.19. The summed E-state index contributed by atoms with van der Waals surface area (Å²) in [4.78, 5) is 63.3. The van der Waals surface area contributed by atoms with Crippen molar-refractivity contribution >= 4 is 46.4 Å². The van der Waals surface area contributed by atoms with E-state index in [-0.39, 0.29) is 93.8 Å². The second kappa shape index (κ2) is 22.3. The maximum atomic E-state index is 13.0. The smallest absolute Gasteiger partial charge is 0.255 e. The van der Waals surface area contributed by atoms with Crippen LogP contribution in [0.1, 0.15) is 71.6 Å². The normalized spacial score (nSPS) is 15.1. The van der Waals surface area contributed by atoms with Crippen molar-refractivity contribution in [3.05, 3.63) is 119 Å². The molecule has 6 rings (SSSR count). The summed E-state index contributed by atoms with van der Waals surface area (Å²) in [6.07, 6.45) is 1.43. The topological polar surface area (TPSA) is 202 Å². The summed E-state index contributed by atoms with van der Waals surface area (Å²) in [6, 6.07) is 26.2. The molecule has 1 saturated heterocycles. The molecule has 1 fully saturated rings. The number of allylic oxidation sites excluding steroid dienone is 1. The van der Waals surface area contributed by atoms with Crippen molar-refractivity contribution in [2.45, 2.75) is 51.6 Å². The lowest BCUT2D eigenvalue weighted by Gasteiger charge is -2.29. The lowest BCUT2D eigenvalue weighted by atomic mass is 9.88. The lowest BCUT2D eigenvalue weighted by molar-refractivity contribution is -0.137. The van der Waals surface area contributed by atoms with Gasteiger partial charge >= 0.3 is 0 Å². The van der Waals surface area contributed by atoms with E-state index in [2.05, 4.69) is 22.9 Å². The molecule has 2 aliphatic heterocycles. The molecule has 15 heteroatoms. The second-order valence-electron chi connectivity index (χ2n) is 14.6. The van der Waals surface area contributed by atoms with Crippen LogP contribution in [0, 0.1) is 0 Å². The molecule has 0 bridgehead atoms. The lowest BCUT2D eigenvalue weighted by Crippen LogP contribution is -2.52. The van der Waals surface area contributed by atoms with E-state index in [1.54, 1.807) is 42.5 Å². The number of nitrogens with zero attached hydrogens (tertiary/aromatic N) is 1. The summed E-state index contributed by atoms with van der Waals surface area (Å²) in [5, 5.41) is 27.7.